The van der Waals surface area contributed by atoms with Crippen molar-refractivity contribution in [1.82, 2.24) is 15.0 Å². The van der Waals surface area contributed by atoms with E-state index in [1.165, 1.54) is 6.07 Å². The van der Waals surface area contributed by atoms with Crippen molar-refractivity contribution in [3.63, 3.8) is 0 Å². The van der Waals surface area contributed by atoms with Crippen LogP contribution in [-0.4, -0.2) is 37.5 Å². The summed E-state index contributed by atoms with van der Waals surface area (Å²) in [4.78, 5) is 37.7. The van der Waals surface area contributed by atoms with Gasteiger partial charge in [-0.25, -0.2) is 14.4 Å². The number of benzene rings is 2. The van der Waals surface area contributed by atoms with E-state index in [1.54, 1.807) is 54.7 Å². The van der Waals surface area contributed by atoms with Crippen molar-refractivity contribution in [2.45, 2.75) is 44.1 Å². The van der Waals surface area contributed by atoms with Crippen LogP contribution in [0.1, 0.15) is 48.9 Å². The van der Waals surface area contributed by atoms with Crippen molar-refractivity contribution < 1.29 is 19.1 Å². The van der Waals surface area contributed by atoms with Gasteiger partial charge in [0.2, 0.25) is 5.91 Å². The summed E-state index contributed by atoms with van der Waals surface area (Å²) in [6, 6.07) is 14.8. The van der Waals surface area contributed by atoms with Crippen LogP contribution in [0.3, 0.4) is 0 Å². The number of fused-ring (bicyclic) bond motifs is 1. The highest BCUT2D eigenvalue weighted by atomic mass is 19.1. The molecule has 4 N–H and O–H groups in total. The monoisotopic (exact) mass is 525 g/mol. The minimum absolute atomic E-state index is 0.123. The minimum Gasteiger partial charge on any atom is -0.390 e. The predicted octanol–water partition coefficient (Wildman–Crippen LogP) is 5.29. The Balaban J connectivity index is 1.09. The summed E-state index contributed by atoms with van der Waals surface area (Å²) in [5.74, 6) is 0.578. The highest BCUT2D eigenvalue weighted by molar-refractivity contribution is 6.05. The zero-order valence-corrected chi connectivity index (χ0v) is 21.2. The van der Waals surface area contributed by atoms with E-state index < -0.39 is 16.8 Å². The van der Waals surface area contributed by atoms with Gasteiger partial charge in [0, 0.05) is 17.4 Å². The number of anilines is 2. The van der Waals surface area contributed by atoms with E-state index in [1.807, 2.05) is 0 Å². The first-order chi connectivity index (χ1) is 18.8. The molecule has 4 bridgehead atoms. The molecule has 0 saturated heterocycles. The molecule has 4 saturated carbocycles. The van der Waals surface area contributed by atoms with Crippen molar-refractivity contribution in [2.75, 3.05) is 10.6 Å². The maximum Gasteiger partial charge on any atom is 0.256 e. The van der Waals surface area contributed by atoms with Gasteiger partial charge in [0.25, 0.3) is 5.91 Å². The fourth-order valence-corrected chi connectivity index (χ4v) is 7.43. The Kier molecular flexibility index (Phi) is 5.35. The predicted molar refractivity (Wildman–Crippen MR) is 144 cm³/mol. The molecule has 2 atom stereocenters. The number of imidazole rings is 1. The summed E-state index contributed by atoms with van der Waals surface area (Å²) in [6.07, 6.45) is 6.33. The van der Waals surface area contributed by atoms with Gasteiger partial charge in [-0.2, -0.15) is 0 Å². The molecule has 4 aromatic rings. The normalized spacial score (nSPS) is 27.0. The number of aromatic amines is 1. The zero-order valence-electron chi connectivity index (χ0n) is 21.2. The van der Waals surface area contributed by atoms with E-state index in [2.05, 4.69) is 25.6 Å². The van der Waals surface area contributed by atoms with Crippen molar-refractivity contribution in [1.29, 1.82) is 0 Å². The lowest BCUT2D eigenvalue weighted by molar-refractivity contribution is -0.174. The van der Waals surface area contributed by atoms with Gasteiger partial charge >= 0.3 is 0 Å². The van der Waals surface area contributed by atoms with Crippen molar-refractivity contribution in [3.8, 4) is 11.4 Å². The molecule has 2 amide bonds. The number of H-pyrrole nitrogens is 1. The number of pyridine rings is 1. The summed E-state index contributed by atoms with van der Waals surface area (Å²) in [5, 5.41) is 16.7. The van der Waals surface area contributed by atoms with Crippen LogP contribution >= 0.6 is 0 Å². The number of hydrogen-bond acceptors (Lipinski definition) is 5. The molecule has 0 radical (unpaired) electrons. The minimum atomic E-state index is -0.739. The number of amides is 2. The van der Waals surface area contributed by atoms with Gasteiger partial charge in [0.1, 0.15) is 17.5 Å². The fourth-order valence-electron chi connectivity index (χ4n) is 7.43. The SMILES string of the molecule is O=C(Nc1ccccn1)c1ccc2nc(-c3ccc(NC(=O)C45CC6CC(CC(O)(C6)C4)C5)cc3F)[nH]c2c1. The number of carbonyl (C=O) groups is 2. The second-order valence-corrected chi connectivity index (χ2v) is 11.6. The number of hydrogen-bond donors (Lipinski definition) is 4. The van der Waals surface area contributed by atoms with Gasteiger partial charge in [-0.05, 0) is 98.9 Å². The standard InChI is InChI=1S/C30H28FN5O3/c31-22-11-20(33-28(38)29-12-17-9-18(13-29)15-30(39,14-17)16-29)5-6-21(22)26-34-23-7-4-19(10-24(23)35-26)27(37)36-25-3-1-2-8-32-25/h1-8,10-11,17-18,39H,9,12-16H2,(H,33,38)(H,34,35)(H,32,36,37). The van der Waals surface area contributed by atoms with Gasteiger partial charge in [0.05, 0.1) is 27.6 Å². The molecule has 2 heterocycles. The number of halogens is 1. The van der Waals surface area contributed by atoms with Gasteiger partial charge in [-0.15, -0.1) is 0 Å². The molecule has 4 fully saturated rings. The molecule has 2 unspecified atom stereocenters. The average Bonchev–Trinajstić information content (AvgIpc) is 3.31. The lowest BCUT2D eigenvalue weighted by Gasteiger charge is -2.59. The van der Waals surface area contributed by atoms with Crippen LogP contribution in [0.2, 0.25) is 0 Å². The topological polar surface area (TPSA) is 120 Å². The molecule has 8 nitrogen and oxygen atoms in total. The third kappa shape index (κ3) is 4.27. The molecule has 198 valence electrons. The quantitative estimate of drug-likeness (QED) is 0.282. The third-order valence-electron chi connectivity index (χ3n) is 8.64. The number of rotatable bonds is 5. The maximum absolute atomic E-state index is 15.3. The summed E-state index contributed by atoms with van der Waals surface area (Å²) >= 11 is 0. The summed E-state index contributed by atoms with van der Waals surface area (Å²) in [6.45, 7) is 0. The molecule has 8 rings (SSSR count). The Morgan fingerprint density at radius 2 is 1.82 bits per heavy atom. The first kappa shape index (κ1) is 24.0. The Bertz CT molecular complexity index is 1600. The van der Waals surface area contributed by atoms with Gasteiger partial charge < -0.3 is 20.7 Å². The Hall–Kier alpha value is -4.11. The van der Waals surface area contributed by atoms with Gasteiger partial charge in [0.15, 0.2) is 0 Å². The van der Waals surface area contributed by atoms with Crippen molar-refractivity contribution in [2.24, 2.45) is 17.3 Å². The van der Waals surface area contributed by atoms with Crippen LogP contribution in [0.4, 0.5) is 15.9 Å². The summed E-state index contributed by atoms with van der Waals surface area (Å²) < 4.78 is 15.3. The van der Waals surface area contributed by atoms with E-state index in [-0.39, 0.29) is 17.4 Å². The Morgan fingerprint density at radius 1 is 1.00 bits per heavy atom. The molecule has 9 heteroatoms. The first-order valence-electron chi connectivity index (χ1n) is 13.3. The van der Waals surface area contributed by atoms with E-state index in [9.17, 15) is 14.7 Å². The molecular formula is C30H28FN5O3. The van der Waals surface area contributed by atoms with E-state index in [0.29, 0.717) is 52.2 Å². The highest BCUT2D eigenvalue weighted by Crippen LogP contribution is 2.61. The lowest BCUT2D eigenvalue weighted by atomic mass is 9.47. The number of nitrogens with one attached hydrogen (secondary N) is 3. The molecule has 2 aromatic carbocycles. The smallest absolute Gasteiger partial charge is 0.256 e. The molecular weight excluding hydrogens is 497 g/mol. The first-order valence-corrected chi connectivity index (χ1v) is 13.3. The van der Waals surface area contributed by atoms with Crippen LogP contribution in [0.5, 0.6) is 0 Å². The summed E-state index contributed by atoms with van der Waals surface area (Å²) in [7, 11) is 0. The summed E-state index contributed by atoms with van der Waals surface area (Å²) in [5.41, 5.74) is 0.924. The Labute approximate surface area is 224 Å². The Morgan fingerprint density at radius 3 is 2.54 bits per heavy atom. The number of aliphatic hydroxyl groups is 1. The zero-order chi connectivity index (χ0) is 26.8. The lowest BCUT2D eigenvalue weighted by Crippen LogP contribution is -2.59. The fraction of sp³-hybridized carbons (Fsp3) is 0.333. The molecule has 0 aliphatic heterocycles. The number of carbonyl (C=O) groups excluding carboxylic acids is 2. The third-order valence-corrected chi connectivity index (χ3v) is 8.64. The number of nitrogens with zero attached hydrogens (tertiary/aromatic N) is 2. The van der Waals surface area contributed by atoms with Crippen molar-refractivity contribution >= 4 is 34.4 Å². The number of aromatic nitrogens is 3. The second-order valence-electron chi connectivity index (χ2n) is 11.6. The van der Waals surface area contributed by atoms with E-state index in [4.69, 9.17) is 0 Å². The van der Waals surface area contributed by atoms with Crippen LogP contribution in [-0.2, 0) is 4.79 Å². The van der Waals surface area contributed by atoms with E-state index in [0.717, 1.165) is 32.1 Å². The van der Waals surface area contributed by atoms with Crippen LogP contribution in [0.25, 0.3) is 22.4 Å². The molecule has 0 spiro atoms. The van der Waals surface area contributed by atoms with Crippen LogP contribution in [0.15, 0.2) is 60.8 Å². The molecule has 4 aliphatic rings. The molecule has 39 heavy (non-hydrogen) atoms. The largest absolute Gasteiger partial charge is 0.390 e. The van der Waals surface area contributed by atoms with Crippen molar-refractivity contribution in [3.05, 3.63) is 72.2 Å². The average molecular weight is 526 g/mol. The second kappa shape index (κ2) is 8.71. The van der Waals surface area contributed by atoms with Gasteiger partial charge in [-0.1, -0.05) is 6.07 Å². The van der Waals surface area contributed by atoms with Gasteiger partial charge in [-0.3, -0.25) is 9.59 Å². The highest BCUT2D eigenvalue weighted by Gasteiger charge is 2.60. The molecule has 4 aliphatic carbocycles. The van der Waals surface area contributed by atoms with E-state index >= 15 is 4.39 Å². The molecule has 2 aromatic heterocycles. The van der Waals surface area contributed by atoms with Crippen LogP contribution < -0.4 is 10.6 Å². The maximum atomic E-state index is 15.3. The van der Waals surface area contributed by atoms with Crippen LogP contribution in [0, 0.1) is 23.1 Å².